The van der Waals surface area contributed by atoms with Gasteiger partial charge in [-0.1, -0.05) is 23.7 Å². The van der Waals surface area contributed by atoms with Crippen molar-refractivity contribution in [3.05, 3.63) is 46.7 Å². The van der Waals surface area contributed by atoms with E-state index >= 15 is 0 Å². The largest absolute Gasteiger partial charge is 0.398 e. The van der Waals surface area contributed by atoms with Gasteiger partial charge in [-0.25, -0.2) is 4.39 Å². The molecule has 0 aliphatic carbocycles. The summed E-state index contributed by atoms with van der Waals surface area (Å²) in [4.78, 5) is 11.5. The van der Waals surface area contributed by atoms with Gasteiger partial charge in [0.1, 0.15) is 5.82 Å². The molecular weight excluding hydrogens is 378 g/mol. The van der Waals surface area contributed by atoms with Gasteiger partial charge in [-0.2, -0.15) is 13.2 Å². The molecule has 0 bridgehead atoms. The normalized spacial score (nSPS) is 11.5. The minimum Gasteiger partial charge on any atom is -0.325 e. The molecule has 1 amide bonds. The van der Waals surface area contributed by atoms with Gasteiger partial charge in [-0.15, -0.1) is 11.8 Å². The number of halogens is 5. The number of anilines is 1. The van der Waals surface area contributed by atoms with Gasteiger partial charge in [0.25, 0.3) is 0 Å². The van der Waals surface area contributed by atoms with Crippen molar-refractivity contribution in [3.63, 3.8) is 0 Å². The van der Waals surface area contributed by atoms with Crippen molar-refractivity contribution >= 4 is 35.0 Å². The van der Waals surface area contributed by atoms with E-state index in [-0.39, 0.29) is 16.5 Å². The molecule has 0 aliphatic rings. The van der Waals surface area contributed by atoms with Crippen LogP contribution in [-0.4, -0.2) is 17.8 Å². The minimum atomic E-state index is -4.32. The summed E-state index contributed by atoms with van der Waals surface area (Å²) < 4.78 is 51.8. The maximum atomic E-state index is 14.4. The monoisotopic (exact) mass is 391 g/mol. The number of hydrogen-bond acceptors (Lipinski definition) is 2. The number of nitrogens with one attached hydrogen (secondary N) is 1. The first-order valence-corrected chi connectivity index (χ1v) is 8.51. The van der Waals surface area contributed by atoms with Crippen molar-refractivity contribution in [2.45, 2.75) is 24.9 Å². The van der Waals surface area contributed by atoms with Crippen LogP contribution < -0.4 is 5.32 Å². The van der Waals surface area contributed by atoms with Gasteiger partial charge in [0.2, 0.25) is 5.91 Å². The summed E-state index contributed by atoms with van der Waals surface area (Å²) in [5.41, 5.74) is 1.08. The number of rotatable bonds is 4. The Morgan fingerprint density at radius 2 is 1.92 bits per heavy atom. The summed E-state index contributed by atoms with van der Waals surface area (Å²) in [6, 6.07) is 7.20. The number of thioether (sulfide) groups is 1. The van der Waals surface area contributed by atoms with Crippen molar-refractivity contribution in [2.75, 3.05) is 11.1 Å². The fourth-order valence-electron chi connectivity index (χ4n) is 2.20. The molecular formula is C17H14ClF4NOS. The van der Waals surface area contributed by atoms with E-state index in [0.717, 1.165) is 0 Å². The van der Waals surface area contributed by atoms with Gasteiger partial charge in [-0.3, -0.25) is 4.79 Å². The lowest BCUT2D eigenvalue weighted by Crippen LogP contribution is -2.10. The molecule has 0 unspecified atom stereocenters. The third-order valence-corrected chi connectivity index (χ3v) is 4.89. The molecule has 2 rings (SSSR count). The summed E-state index contributed by atoms with van der Waals surface area (Å²) in [6.07, 6.45) is -4.32. The Morgan fingerprint density at radius 1 is 1.24 bits per heavy atom. The molecule has 0 radical (unpaired) electrons. The first-order valence-electron chi connectivity index (χ1n) is 7.14. The zero-order valence-electron chi connectivity index (χ0n) is 13.3. The number of benzene rings is 2. The lowest BCUT2D eigenvalue weighted by Gasteiger charge is -2.14. The molecule has 0 saturated heterocycles. The Hall–Kier alpha value is -1.73. The predicted molar refractivity (Wildman–Crippen MR) is 92.7 cm³/mol. The first kappa shape index (κ1) is 19.6. The molecule has 0 atom stereocenters. The first-order chi connectivity index (χ1) is 11.6. The predicted octanol–water partition coefficient (Wildman–Crippen LogP) is 6.07. The average molecular weight is 392 g/mol. The Bertz CT molecular complexity index is 808. The fourth-order valence-corrected chi connectivity index (χ4v) is 3.28. The number of aryl methyl sites for hydroxylation is 1. The molecule has 0 spiro atoms. The van der Waals surface area contributed by atoms with Gasteiger partial charge in [0.15, 0.2) is 0 Å². The van der Waals surface area contributed by atoms with Gasteiger partial charge in [-0.05, 0) is 30.7 Å². The van der Waals surface area contributed by atoms with Gasteiger partial charge < -0.3 is 5.32 Å². The molecule has 2 nitrogen and oxygen atoms in total. The molecule has 0 fully saturated rings. The van der Waals surface area contributed by atoms with E-state index in [4.69, 9.17) is 11.6 Å². The van der Waals surface area contributed by atoms with Crippen LogP contribution in [0, 0.1) is 12.7 Å². The van der Waals surface area contributed by atoms with Crippen molar-refractivity contribution in [1.82, 2.24) is 0 Å². The highest BCUT2D eigenvalue weighted by atomic mass is 35.5. The Balaban J connectivity index is 2.47. The van der Waals surface area contributed by atoms with Crippen LogP contribution >= 0.6 is 23.4 Å². The molecule has 0 heterocycles. The van der Waals surface area contributed by atoms with Crippen LogP contribution in [0.1, 0.15) is 12.5 Å². The molecule has 0 aliphatic heterocycles. The highest BCUT2D eigenvalue weighted by molar-refractivity contribution is 7.99. The molecule has 0 aromatic heterocycles. The maximum absolute atomic E-state index is 14.4. The molecule has 2 aromatic rings. The second-order valence-corrected chi connectivity index (χ2v) is 6.74. The number of hydrogen-bond donors (Lipinski definition) is 1. The van der Waals surface area contributed by atoms with Gasteiger partial charge >= 0.3 is 6.18 Å². The fraction of sp³-hybridized carbons (Fsp3) is 0.235. The second-order valence-electron chi connectivity index (χ2n) is 5.35. The topological polar surface area (TPSA) is 29.1 Å². The Kier molecular flexibility index (Phi) is 6.00. The van der Waals surface area contributed by atoms with E-state index < -0.39 is 17.7 Å². The summed E-state index contributed by atoms with van der Waals surface area (Å²) >= 11 is 6.82. The van der Waals surface area contributed by atoms with Crippen molar-refractivity contribution in [3.8, 4) is 11.1 Å². The van der Waals surface area contributed by atoms with Crippen LogP contribution in [0.15, 0.2) is 35.2 Å². The smallest absolute Gasteiger partial charge is 0.325 e. The van der Waals surface area contributed by atoms with Crippen molar-refractivity contribution in [1.29, 1.82) is 0 Å². The Labute approximate surface area is 151 Å². The number of carbonyl (C=O) groups is 1. The average Bonchev–Trinajstić information content (AvgIpc) is 2.48. The minimum absolute atomic E-state index is 0.0764. The van der Waals surface area contributed by atoms with E-state index in [2.05, 4.69) is 5.32 Å². The molecule has 1 N–H and O–H groups in total. The van der Waals surface area contributed by atoms with Crippen molar-refractivity contribution < 1.29 is 22.4 Å². The SMILES string of the molecule is CC(=O)Nc1cccc(-c2cc(SCC(F)(F)F)c(C)cc2F)c1Cl. The zero-order chi connectivity index (χ0) is 18.8. The molecule has 134 valence electrons. The van der Waals surface area contributed by atoms with Crippen LogP contribution in [0.4, 0.5) is 23.2 Å². The van der Waals surface area contributed by atoms with E-state index in [1.54, 1.807) is 25.1 Å². The third kappa shape index (κ3) is 5.12. The summed E-state index contributed by atoms with van der Waals surface area (Å²) in [7, 11) is 0. The lowest BCUT2D eigenvalue weighted by molar-refractivity contribution is -0.114. The van der Waals surface area contributed by atoms with Crippen molar-refractivity contribution in [2.24, 2.45) is 0 Å². The van der Waals surface area contributed by atoms with Crippen LogP contribution in [0.2, 0.25) is 5.02 Å². The van der Waals surface area contributed by atoms with E-state index in [1.165, 1.54) is 19.1 Å². The van der Waals surface area contributed by atoms with E-state index in [9.17, 15) is 22.4 Å². The van der Waals surface area contributed by atoms with E-state index in [0.29, 0.717) is 33.5 Å². The van der Waals surface area contributed by atoms with Crippen LogP contribution in [0.25, 0.3) is 11.1 Å². The summed E-state index contributed by atoms with van der Waals surface area (Å²) in [6.45, 7) is 2.85. The van der Waals surface area contributed by atoms with Gasteiger partial charge in [0.05, 0.1) is 16.5 Å². The number of alkyl halides is 3. The number of amides is 1. The molecule has 0 saturated carbocycles. The highest BCUT2D eigenvalue weighted by Crippen LogP contribution is 2.39. The summed E-state index contributed by atoms with van der Waals surface area (Å²) in [5.74, 6) is -2.01. The maximum Gasteiger partial charge on any atom is 0.398 e. The second kappa shape index (κ2) is 7.66. The lowest BCUT2D eigenvalue weighted by atomic mass is 10.0. The quantitative estimate of drug-likeness (QED) is 0.506. The molecule has 2 aromatic carbocycles. The molecule has 8 heteroatoms. The van der Waals surface area contributed by atoms with Crippen LogP contribution in [-0.2, 0) is 4.79 Å². The molecule has 25 heavy (non-hydrogen) atoms. The third-order valence-electron chi connectivity index (χ3n) is 3.26. The number of carbonyl (C=O) groups excluding carboxylic acids is 1. The van der Waals surface area contributed by atoms with Crippen LogP contribution in [0.3, 0.4) is 0 Å². The van der Waals surface area contributed by atoms with Crippen LogP contribution in [0.5, 0.6) is 0 Å². The summed E-state index contributed by atoms with van der Waals surface area (Å²) in [5, 5.41) is 2.64. The van der Waals surface area contributed by atoms with Gasteiger partial charge in [0, 0.05) is 22.9 Å². The standard InChI is InChI=1S/C17H14ClF4NOS/c1-9-6-13(19)12(7-15(9)25-8-17(20,21)22)11-4-3-5-14(16(11)18)23-10(2)24/h3-7H,8H2,1-2H3,(H,23,24). The van der Waals surface area contributed by atoms with E-state index in [1.807, 2.05) is 0 Å². The Morgan fingerprint density at radius 3 is 2.52 bits per heavy atom. The zero-order valence-corrected chi connectivity index (χ0v) is 14.9. The highest BCUT2D eigenvalue weighted by Gasteiger charge is 2.28.